The van der Waals surface area contributed by atoms with Gasteiger partial charge in [-0.05, 0) is 33.1 Å². The Kier molecular flexibility index (Phi) is 4.83. The van der Waals surface area contributed by atoms with E-state index in [1.54, 1.807) is 26.8 Å². The van der Waals surface area contributed by atoms with Crippen molar-refractivity contribution >= 4 is 17.7 Å². The average molecular weight is 376 g/mol. The molecule has 0 saturated heterocycles. The van der Waals surface area contributed by atoms with Crippen LogP contribution >= 0.6 is 0 Å². The molecule has 0 aromatic carbocycles. The molecule has 0 spiro atoms. The molecule has 1 heterocycles. The van der Waals surface area contributed by atoms with Crippen molar-refractivity contribution in [2.45, 2.75) is 65.8 Å². The summed E-state index contributed by atoms with van der Waals surface area (Å²) in [5.74, 6) is -2.46. The van der Waals surface area contributed by atoms with Crippen LogP contribution in [-0.4, -0.2) is 36.7 Å². The van der Waals surface area contributed by atoms with Crippen LogP contribution in [0.25, 0.3) is 0 Å². The highest BCUT2D eigenvalue weighted by Crippen LogP contribution is 2.60. The van der Waals surface area contributed by atoms with Crippen molar-refractivity contribution in [2.75, 3.05) is 7.11 Å². The summed E-state index contributed by atoms with van der Waals surface area (Å²) >= 11 is 0. The van der Waals surface area contributed by atoms with Gasteiger partial charge in [0.05, 0.1) is 5.57 Å². The summed E-state index contributed by atoms with van der Waals surface area (Å²) in [5, 5.41) is 0. The predicted octanol–water partition coefficient (Wildman–Crippen LogP) is 3.11. The van der Waals surface area contributed by atoms with Crippen LogP contribution in [0.2, 0.25) is 0 Å². The number of esters is 2. The lowest BCUT2D eigenvalue weighted by Crippen LogP contribution is -2.62. The van der Waals surface area contributed by atoms with Crippen molar-refractivity contribution < 1.29 is 28.6 Å². The molecule has 3 rings (SSSR count). The summed E-state index contributed by atoms with van der Waals surface area (Å²) in [4.78, 5) is 37.9. The fourth-order valence-electron chi connectivity index (χ4n) is 4.85. The number of hydrogen-bond donors (Lipinski definition) is 0. The highest BCUT2D eigenvalue weighted by Gasteiger charge is 2.67. The first kappa shape index (κ1) is 19.8. The van der Waals surface area contributed by atoms with Crippen LogP contribution in [0.1, 0.15) is 53.9 Å². The number of ether oxygens (including phenoxy) is 3. The number of ketones is 1. The smallest absolute Gasteiger partial charge is 0.336 e. The molecule has 2 saturated carbocycles. The number of carbonyl (C=O) groups is 3. The largest absolute Gasteiger partial charge is 0.454 e. The van der Waals surface area contributed by atoms with Gasteiger partial charge in [0, 0.05) is 42.4 Å². The first-order valence-corrected chi connectivity index (χ1v) is 9.48. The van der Waals surface area contributed by atoms with E-state index in [1.807, 2.05) is 6.92 Å². The van der Waals surface area contributed by atoms with E-state index in [9.17, 15) is 14.4 Å². The zero-order chi connectivity index (χ0) is 20.1. The lowest BCUT2D eigenvalue weighted by Gasteiger charge is -2.56. The van der Waals surface area contributed by atoms with Gasteiger partial charge in [0.15, 0.2) is 0 Å². The maximum atomic E-state index is 12.8. The molecule has 0 aromatic heterocycles. The summed E-state index contributed by atoms with van der Waals surface area (Å²) < 4.78 is 17.2. The topological polar surface area (TPSA) is 78.9 Å². The number of allylic oxidation sites excluding steroid dienone is 1. The average Bonchev–Trinajstić information content (AvgIpc) is 2.90. The number of fused-ring (bicyclic) bond motifs is 2. The minimum absolute atomic E-state index is 0.107. The molecule has 0 bridgehead atoms. The lowest BCUT2D eigenvalue weighted by atomic mass is 9.51. The second kappa shape index (κ2) is 6.59. The van der Waals surface area contributed by atoms with Gasteiger partial charge in [-0.25, -0.2) is 9.59 Å². The van der Waals surface area contributed by atoms with Gasteiger partial charge in [0.25, 0.3) is 0 Å². The third kappa shape index (κ3) is 2.68. The van der Waals surface area contributed by atoms with Gasteiger partial charge >= 0.3 is 11.9 Å². The van der Waals surface area contributed by atoms with Gasteiger partial charge in [-0.1, -0.05) is 19.9 Å². The van der Waals surface area contributed by atoms with Crippen LogP contribution in [0.15, 0.2) is 22.8 Å². The number of Topliss-reactive ketones (excluding diaryl/α,β-unsaturated/α-hetero) is 1. The molecule has 1 aliphatic heterocycles. The zero-order valence-electron chi connectivity index (χ0n) is 16.9. The Hall–Kier alpha value is -1.95. The molecular formula is C21H28O6. The Bertz CT molecular complexity index is 763. The predicted molar refractivity (Wildman–Crippen MR) is 97.5 cm³/mol. The van der Waals surface area contributed by atoms with Crippen molar-refractivity contribution in [1.82, 2.24) is 0 Å². The van der Waals surface area contributed by atoms with E-state index in [-0.39, 0.29) is 18.1 Å². The Balaban J connectivity index is 2.19. The SMILES string of the molecule is C/C=C(\C)C(=O)O[C@@H]1C2=C(C)C(=O)O[C@@]2(OC)C[C@H]2C(=O)CC[C@H](C)[C@@]12C. The summed E-state index contributed by atoms with van der Waals surface area (Å²) in [5.41, 5.74) is 0.804. The van der Waals surface area contributed by atoms with Gasteiger partial charge in [-0.3, -0.25) is 4.79 Å². The molecule has 2 aliphatic carbocycles. The first-order chi connectivity index (χ1) is 12.6. The van der Waals surface area contributed by atoms with E-state index in [4.69, 9.17) is 14.2 Å². The highest BCUT2D eigenvalue weighted by atomic mass is 16.7. The summed E-state index contributed by atoms with van der Waals surface area (Å²) in [7, 11) is 1.46. The molecule has 148 valence electrons. The second-order valence-electron chi connectivity index (χ2n) is 8.17. The van der Waals surface area contributed by atoms with Gasteiger partial charge in [-0.15, -0.1) is 0 Å². The van der Waals surface area contributed by atoms with Gasteiger partial charge in [0.1, 0.15) is 11.9 Å². The molecule has 6 nitrogen and oxygen atoms in total. The third-order valence-electron chi connectivity index (χ3n) is 7.01. The fraction of sp³-hybridized carbons (Fsp3) is 0.667. The van der Waals surface area contributed by atoms with Crippen LogP contribution in [0.5, 0.6) is 0 Å². The highest BCUT2D eigenvalue weighted by molar-refractivity contribution is 5.94. The monoisotopic (exact) mass is 376 g/mol. The normalized spacial score (nSPS) is 39.0. The van der Waals surface area contributed by atoms with E-state index in [1.165, 1.54) is 7.11 Å². The zero-order valence-corrected chi connectivity index (χ0v) is 16.9. The van der Waals surface area contributed by atoms with E-state index in [0.29, 0.717) is 23.1 Å². The van der Waals surface area contributed by atoms with Gasteiger partial charge in [0.2, 0.25) is 5.79 Å². The fourth-order valence-corrected chi connectivity index (χ4v) is 4.85. The molecule has 27 heavy (non-hydrogen) atoms. The Morgan fingerprint density at radius 3 is 2.59 bits per heavy atom. The number of rotatable bonds is 3. The number of carbonyl (C=O) groups excluding carboxylic acids is 3. The second-order valence-corrected chi connectivity index (χ2v) is 8.17. The van der Waals surface area contributed by atoms with E-state index < -0.39 is 35.2 Å². The third-order valence-corrected chi connectivity index (χ3v) is 7.01. The van der Waals surface area contributed by atoms with Gasteiger partial charge < -0.3 is 14.2 Å². The van der Waals surface area contributed by atoms with Crippen LogP contribution in [0.4, 0.5) is 0 Å². The Labute approximate surface area is 159 Å². The van der Waals surface area contributed by atoms with Crippen molar-refractivity contribution in [2.24, 2.45) is 17.3 Å². The summed E-state index contributed by atoms with van der Waals surface area (Å²) in [6.45, 7) is 9.18. The Morgan fingerprint density at radius 1 is 1.33 bits per heavy atom. The van der Waals surface area contributed by atoms with Crippen LogP contribution in [0, 0.1) is 17.3 Å². The summed E-state index contributed by atoms with van der Waals surface area (Å²) in [6, 6.07) is 0. The van der Waals surface area contributed by atoms with Crippen molar-refractivity contribution in [3.05, 3.63) is 22.8 Å². The van der Waals surface area contributed by atoms with Crippen LogP contribution in [0.3, 0.4) is 0 Å². The van der Waals surface area contributed by atoms with Crippen LogP contribution in [-0.2, 0) is 28.6 Å². The maximum absolute atomic E-state index is 12.8. The number of methoxy groups -OCH3 is 1. The molecule has 5 atom stereocenters. The minimum Gasteiger partial charge on any atom is -0.454 e. The molecule has 0 unspecified atom stereocenters. The molecule has 0 amide bonds. The molecule has 2 fully saturated rings. The van der Waals surface area contributed by atoms with Crippen LogP contribution < -0.4 is 0 Å². The molecule has 0 aromatic rings. The molecule has 6 heteroatoms. The van der Waals surface area contributed by atoms with E-state index >= 15 is 0 Å². The van der Waals surface area contributed by atoms with Crippen molar-refractivity contribution in [3.8, 4) is 0 Å². The molecule has 3 aliphatic rings. The van der Waals surface area contributed by atoms with Crippen molar-refractivity contribution in [1.29, 1.82) is 0 Å². The Morgan fingerprint density at radius 2 is 2.00 bits per heavy atom. The standard InChI is InChI=1S/C21H28O6/c1-7-11(2)18(23)26-17-16-13(4)19(24)27-21(16,25-6)10-14-15(22)9-8-12(3)20(14,17)5/h7,12,14,17H,8-10H2,1-6H3/b11-7+/t12-,14-,17+,20+,21-/m0/s1. The maximum Gasteiger partial charge on any atom is 0.336 e. The number of hydrogen-bond acceptors (Lipinski definition) is 6. The lowest BCUT2D eigenvalue weighted by molar-refractivity contribution is -0.234. The van der Waals surface area contributed by atoms with E-state index in [2.05, 4.69) is 6.92 Å². The molecular weight excluding hydrogens is 348 g/mol. The molecule has 0 N–H and O–H groups in total. The van der Waals surface area contributed by atoms with E-state index in [0.717, 1.165) is 6.42 Å². The van der Waals surface area contributed by atoms with Gasteiger partial charge in [-0.2, -0.15) is 0 Å². The summed E-state index contributed by atoms with van der Waals surface area (Å²) in [6.07, 6.45) is 2.38. The van der Waals surface area contributed by atoms with Crippen molar-refractivity contribution in [3.63, 3.8) is 0 Å². The minimum atomic E-state index is -1.34. The quantitative estimate of drug-likeness (QED) is 0.556. The molecule has 0 radical (unpaired) electrons. The first-order valence-electron chi connectivity index (χ1n) is 9.48.